The van der Waals surface area contributed by atoms with Crippen LogP contribution >= 0.6 is 0 Å². The van der Waals surface area contributed by atoms with Crippen molar-refractivity contribution in [1.82, 2.24) is 9.55 Å². The van der Waals surface area contributed by atoms with E-state index in [1.54, 1.807) is 43.7 Å². The van der Waals surface area contributed by atoms with Crippen LogP contribution < -0.4 is 0 Å². The zero-order valence-electron chi connectivity index (χ0n) is 11.7. The van der Waals surface area contributed by atoms with Crippen LogP contribution in [0.15, 0.2) is 24.3 Å². The fourth-order valence-electron chi connectivity index (χ4n) is 2.11. The van der Waals surface area contributed by atoms with Crippen LogP contribution in [-0.2, 0) is 11.8 Å². The van der Waals surface area contributed by atoms with Crippen molar-refractivity contribution in [2.45, 2.75) is 13.8 Å². The summed E-state index contributed by atoms with van der Waals surface area (Å²) in [6.07, 6.45) is 0. The fourth-order valence-corrected chi connectivity index (χ4v) is 2.11. The van der Waals surface area contributed by atoms with E-state index in [2.05, 4.69) is 11.1 Å². The molecule has 0 unspecified atom stereocenters. The molecule has 0 aliphatic carbocycles. The zero-order chi connectivity index (χ0) is 14.7. The van der Waals surface area contributed by atoms with Crippen LogP contribution in [0.5, 0.6) is 0 Å². The van der Waals surface area contributed by atoms with Crippen molar-refractivity contribution in [3.8, 4) is 17.5 Å². The summed E-state index contributed by atoms with van der Waals surface area (Å²) in [6.45, 7) is 3.85. The number of imidazole rings is 1. The van der Waals surface area contributed by atoms with Crippen LogP contribution in [-0.4, -0.2) is 22.1 Å². The van der Waals surface area contributed by atoms with E-state index in [1.165, 1.54) is 0 Å². The van der Waals surface area contributed by atoms with Crippen LogP contribution in [0.4, 0.5) is 0 Å². The van der Waals surface area contributed by atoms with Gasteiger partial charge in [0.25, 0.3) is 0 Å². The number of aryl methyl sites for hydroxylation is 1. The van der Waals surface area contributed by atoms with Gasteiger partial charge in [0.2, 0.25) is 0 Å². The molecule has 0 aliphatic heterocycles. The van der Waals surface area contributed by atoms with Gasteiger partial charge in [-0.25, -0.2) is 9.78 Å². The van der Waals surface area contributed by atoms with E-state index in [4.69, 9.17) is 10.00 Å². The number of benzene rings is 1. The molecule has 2 rings (SSSR count). The highest BCUT2D eigenvalue weighted by Gasteiger charge is 2.20. The maximum atomic E-state index is 11.9. The Kier molecular flexibility index (Phi) is 3.85. The van der Waals surface area contributed by atoms with Crippen LogP contribution in [0.3, 0.4) is 0 Å². The zero-order valence-corrected chi connectivity index (χ0v) is 11.7. The summed E-state index contributed by atoms with van der Waals surface area (Å²) in [5.74, 6) is 0.255. The van der Waals surface area contributed by atoms with Crippen LogP contribution in [0.2, 0.25) is 0 Å². The van der Waals surface area contributed by atoms with Gasteiger partial charge in [0, 0.05) is 12.6 Å². The number of esters is 1. The molecule has 0 saturated carbocycles. The van der Waals surface area contributed by atoms with Crippen LogP contribution in [0.25, 0.3) is 11.4 Å². The van der Waals surface area contributed by atoms with Gasteiger partial charge in [-0.2, -0.15) is 5.26 Å². The lowest BCUT2D eigenvalue weighted by Crippen LogP contribution is -2.11. The number of carbonyl (C=O) groups excluding carboxylic acids is 1. The molecule has 5 nitrogen and oxygen atoms in total. The standard InChI is InChI=1S/C15H15N3O2/c1-4-20-15(19)13-10(2)17-14(18(13)3)12-7-5-6-11(8-12)9-16/h5-8H,4H2,1-3H3. The van der Waals surface area contributed by atoms with Crippen LogP contribution in [0.1, 0.15) is 28.7 Å². The Hall–Kier alpha value is -2.61. The number of nitriles is 1. The Balaban J connectivity index is 2.51. The summed E-state index contributed by atoms with van der Waals surface area (Å²) in [6, 6.07) is 9.22. The lowest BCUT2D eigenvalue weighted by Gasteiger charge is -2.06. The Morgan fingerprint density at radius 1 is 1.50 bits per heavy atom. The van der Waals surface area contributed by atoms with Crippen molar-refractivity contribution in [2.75, 3.05) is 6.61 Å². The summed E-state index contributed by atoms with van der Waals surface area (Å²) in [4.78, 5) is 16.3. The number of nitrogens with zero attached hydrogens (tertiary/aromatic N) is 3. The summed E-state index contributed by atoms with van der Waals surface area (Å²) < 4.78 is 6.73. The second kappa shape index (κ2) is 5.57. The molecule has 1 aromatic heterocycles. The molecule has 1 heterocycles. The van der Waals surface area contributed by atoms with Crippen molar-refractivity contribution in [2.24, 2.45) is 7.05 Å². The molecule has 102 valence electrons. The summed E-state index contributed by atoms with van der Waals surface area (Å²) >= 11 is 0. The highest BCUT2D eigenvalue weighted by molar-refractivity contribution is 5.90. The van der Waals surface area contributed by atoms with Gasteiger partial charge in [-0.15, -0.1) is 0 Å². The number of aromatic nitrogens is 2. The minimum atomic E-state index is -0.386. The lowest BCUT2D eigenvalue weighted by molar-refractivity contribution is 0.0514. The number of carbonyl (C=O) groups is 1. The maximum Gasteiger partial charge on any atom is 0.356 e. The highest BCUT2D eigenvalue weighted by atomic mass is 16.5. The van der Waals surface area contributed by atoms with Crippen LogP contribution in [0, 0.1) is 18.3 Å². The molecule has 1 aromatic carbocycles. The van der Waals surface area contributed by atoms with E-state index in [0.29, 0.717) is 29.4 Å². The Morgan fingerprint density at radius 2 is 2.25 bits per heavy atom. The first-order valence-electron chi connectivity index (χ1n) is 6.29. The van der Waals surface area contributed by atoms with Gasteiger partial charge in [-0.3, -0.25) is 0 Å². The Bertz CT molecular complexity index is 696. The summed E-state index contributed by atoms with van der Waals surface area (Å²) in [5.41, 5.74) is 2.40. The van der Waals surface area contributed by atoms with E-state index in [-0.39, 0.29) is 5.97 Å². The first-order valence-corrected chi connectivity index (χ1v) is 6.29. The number of ether oxygens (including phenoxy) is 1. The smallest absolute Gasteiger partial charge is 0.356 e. The third-order valence-corrected chi connectivity index (χ3v) is 2.99. The first kappa shape index (κ1) is 13.8. The predicted octanol–water partition coefficient (Wildman–Crippen LogP) is 2.44. The van der Waals surface area contributed by atoms with E-state index < -0.39 is 0 Å². The highest BCUT2D eigenvalue weighted by Crippen LogP contribution is 2.22. The van der Waals surface area contributed by atoms with Gasteiger partial charge in [0.15, 0.2) is 0 Å². The van der Waals surface area contributed by atoms with E-state index in [0.717, 1.165) is 5.56 Å². The van der Waals surface area contributed by atoms with Crippen molar-refractivity contribution in [3.63, 3.8) is 0 Å². The SMILES string of the molecule is CCOC(=O)c1c(C)nc(-c2cccc(C#N)c2)n1C. The van der Waals surface area contributed by atoms with E-state index in [1.807, 2.05) is 6.07 Å². The van der Waals surface area contributed by atoms with Gasteiger partial charge < -0.3 is 9.30 Å². The monoisotopic (exact) mass is 269 g/mol. The van der Waals surface area contributed by atoms with Crippen molar-refractivity contribution < 1.29 is 9.53 Å². The topological polar surface area (TPSA) is 67.9 Å². The minimum absolute atomic E-state index is 0.322. The summed E-state index contributed by atoms with van der Waals surface area (Å²) in [7, 11) is 1.76. The number of rotatable bonds is 3. The average Bonchev–Trinajstić information content (AvgIpc) is 2.74. The predicted molar refractivity (Wildman–Crippen MR) is 74.1 cm³/mol. The molecule has 0 spiro atoms. The van der Waals surface area contributed by atoms with Gasteiger partial charge in [0.1, 0.15) is 11.5 Å². The second-order valence-corrected chi connectivity index (χ2v) is 4.34. The number of hydrogen-bond donors (Lipinski definition) is 0. The molecule has 0 fully saturated rings. The first-order chi connectivity index (χ1) is 9.58. The molecular formula is C15H15N3O2. The minimum Gasteiger partial charge on any atom is -0.461 e. The summed E-state index contributed by atoms with van der Waals surface area (Å²) in [5, 5.41) is 8.94. The molecule has 0 aliphatic rings. The molecule has 0 saturated heterocycles. The number of hydrogen-bond acceptors (Lipinski definition) is 4. The van der Waals surface area contributed by atoms with Gasteiger partial charge in [0.05, 0.1) is 23.9 Å². The normalized spacial score (nSPS) is 10.1. The molecule has 20 heavy (non-hydrogen) atoms. The maximum absolute atomic E-state index is 11.9. The van der Waals surface area contributed by atoms with Crippen molar-refractivity contribution in [3.05, 3.63) is 41.2 Å². The molecular weight excluding hydrogens is 254 g/mol. The second-order valence-electron chi connectivity index (χ2n) is 4.34. The van der Waals surface area contributed by atoms with Gasteiger partial charge in [-0.1, -0.05) is 12.1 Å². The molecule has 0 radical (unpaired) electrons. The molecule has 5 heteroatoms. The quantitative estimate of drug-likeness (QED) is 0.802. The van der Waals surface area contributed by atoms with Gasteiger partial charge >= 0.3 is 5.97 Å². The molecule has 2 aromatic rings. The van der Waals surface area contributed by atoms with Gasteiger partial charge in [-0.05, 0) is 26.0 Å². The fraction of sp³-hybridized carbons (Fsp3) is 0.267. The molecule has 0 amide bonds. The average molecular weight is 269 g/mol. The molecule has 0 N–H and O–H groups in total. The Morgan fingerprint density at radius 3 is 2.90 bits per heavy atom. The third-order valence-electron chi connectivity index (χ3n) is 2.99. The molecule has 0 bridgehead atoms. The third kappa shape index (κ3) is 2.41. The van der Waals surface area contributed by atoms with Crippen molar-refractivity contribution >= 4 is 5.97 Å². The largest absolute Gasteiger partial charge is 0.461 e. The molecule has 0 atom stereocenters. The van der Waals surface area contributed by atoms with Crippen molar-refractivity contribution in [1.29, 1.82) is 5.26 Å². The van der Waals surface area contributed by atoms with E-state index in [9.17, 15) is 4.79 Å². The van der Waals surface area contributed by atoms with E-state index >= 15 is 0 Å². The lowest BCUT2D eigenvalue weighted by atomic mass is 10.1. The Labute approximate surface area is 117 Å².